The lowest BCUT2D eigenvalue weighted by molar-refractivity contribution is 0.661. The molecule has 0 unspecified atom stereocenters. The second kappa shape index (κ2) is 5.13. The van der Waals surface area contributed by atoms with Gasteiger partial charge in [-0.3, -0.25) is 4.57 Å². The van der Waals surface area contributed by atoms with Crippen molar-refractivity contribution in [1.29, 1.82) is 5.26 Å². The highest BCUT2D eigenvalue weighted by Crippen LogP contribution is 2.26. The van der Waals surface area contributed by atoms with Crippen LogP contribution in [-0.2, 0) is 6.54 Å². The van der Waals surface area contributed by atoms with E-state index >= 15 is 0 Å². The Morgan fingerprint density at radius 1 is 1.48 bits per heavy atom. The van der Waals surface area contributed by atoms with Gasteiger partial charge in [-0.15, -0.1) is 0 Å². The molecule has 0 saturated heterocycles. The molecule has 7 heteroatoms. The molecule has 0 atom stereocenters. The Morgan fingerprint density at radius 2 is 2.24 bits per heavy atom. The van der Waals surface area contributed by atoms with Crippen molar-refractivity contribution in [2.45, 2.75) is 20.4 Å². The van der Waals surface area contributed by atoms with E-state index in [-0.39, 0.29) is 0 Å². The predicted molar refractivity (Wildman–Crippen MR) is 87.1 cm³/mol. The monoisotopic (exact) mass is 361 g/mol. The summed E-state index contributed by atoms with van der Waals surface area (Å²) in [6.45, 7) is 4.70. The van der Waals surface area contributed by atoms with Gasteiger partial charge in [-0.1, -0.05) is 15.9 Å². The first-order chi connectivity index (χ1) is 10.1. The Kier molecular flexibility index (Phi) is 3.43. The zero-order valence-electron chi connectivity index (χ0n) is 11.5. The Labute approximate surface area is 134 Å². The molecule has 0 amide bonds. The molecule has 2 heterocycles. The van der Waals surface area contributed by atoms with E-state index in [1.54, 1.807) is 6.07 Å². The molecule has 0 spiro atoms. The van der Waals surface area contributed by atoms with E-state index in [1.165, 1.54) is 0 Å². The summed E-state index contributed by atoms with van der Waals surface area (Å²) >= 11 is 8.90. The summed E-state index contributed by atoms with van der Waals surface area (Å²) in [5, 5.41) is 13.9. The Hall–Kier alpha value is -1.91. The number of fused-ring (bicyclic) bond motifs is 1. The van der Waals surface area contributed by atoms with Gasteiger partial charge in [0.15, 0.2) is 10.4 Å². The number of H-pyrrole nitrogens is 1. The van der Waals surface area contributed by atoms with Crippen molar-refractivity contribution < 1.29 is 0 Å². The first kappa shape index (κ1) is 14.0. The van der Waals surface area contributed by atoms with Crippen LogP contribution in [0.15, 0.2) is 22.7 Å². The van der Waals surface area contributed by atoms with E-state index in [0.29, 0.717) is 10.3 Å². The molecule has 0 saturated carbocycles. The van der Waals surface area contributed by atoms with Gasteiger partial charge in [0.1, 0.15) is 11.6 Å². The van der Waals surface area contributed by atoms with Crippen molar-refractivity contribution in [3.8, 4) is 11.8 Å². The summed E-state index contributed by atoms with van der Waals surface area (Å²) < 4.78 is 5.21. The number of halogens is 1. The fourth-order valence-corrected chi connectivity index (χ4v) is 3.07. The van der Waals surface area contributed by atoms with Crippen LogP contribution in [-0.4, -0.2) is 19.3 Å². The maximum absolute atomic E-state index is 9.36. The van der Waals surface area contributed by atoms with Crippen LogP contribution in [0.2, 0.25) is 0 Å². The van der Waals surface area contributed by atoms with E-state index in [4.69, 9.17) is 12.2 Å². The van der Waals surface area contributed by atoms with Crippen LogP contribution in [0.25, 0.3) is 16.9 Å². The quantitative estimate of drug-likeness (QED) is 0.705. The minimum absolute atomic E-state index is 0.558. The molecule has 0 fully saturated rings. The summed E-state index contributed by atoms with van der Waals surface area (Å²) in [5.41, 5.74) is 4.00. The Bertz CT molecular complexity index is 941. The zero-order chi connectivity index (χ0) is 15.1. The molecule has 106 valence electrons. The highest BCUT2D eigenvalue weighted by Gasteiger charge is 2.17. The lowest BCUT2D eigenvalue weighted by atomic mass is 10.2. The van der Waals surface area contributed by atoms with Crippen molar-refractivity contribution >= 4 is 39.3 Å². The van der Waals surface area contributed by atoms with Gasteiger partial charge in [-0.05, 0) is 44.3 Å². The van der Waals surface area contributed by atoms with Gasteiger partial charge in [0.2, 0.25) is 0 Å². The molecule has 0 aliphatic carbocycles. The summed E-state index contributed by atoms with van der Waals surface area (Å²) in [5.74, 6) is 0. The van der Waals surface area contributed by atoms with Crippen LogP contribution < -0.4 is 0 Å². The number of nitrogens with one attached hydrogen (secondary N) is 1. The van der Waals surface area contributed by atoms with Crippen molar-refractivity contribution in [2.75, 3.05) is 0 Å². The number of hydrogen-bond acceptors (Lipinski definition) is 3. The molecular weight excluding hydrogens is 350 g/mol. The second-order valence-electron chi connectivity index (χ2n) is 4.64. The maximum Gasteiger partial charge on any atom is 0.184 e. The predicted octanol–water partition coefficient (Wildman–Crippen LogP) is 3.85. The maximum atomic E-state index is 9.36. The minimum atomic E-state index is 0.558. The number of nitrogens with zero attached hydrogens (tertiary/aromatic N) is 4. The number of hydrogen-bond donors (Lipinski definition) is 1. The van der Waals surface area contributed by atoms with E-state index in [2.05, 4.69) is 32.1 Å². The van der Waals surface area contributed by atoms with Crippen molar-refractivity contribution in [3.05, 3.63) is 38.7 Å². The normalized spacial score (nSPS) is 11.0. The van der Waals surface area contributed by atoms with Gasteiger partial charge < -0.3 is 4.98 Å². The smallest absolute Gasteiger partial charge is 0.184 e. The molecule has 5 nitrogen and oxygen atoms in total. The van der Waals surface area contributed by atoms with E-state index in [1.807, 2.05) is 35.2 Å². The fraction of sp³-hybridized carbons (Fsp3) is 0.214. The fourth-order valence-electron chi connectivity index (χ4n) is 2.43. The topological polar surface area (TPSA) is 62.3 Å². The summed E-state index contributed by atoms with van der Waals surface area (Å²) in [6.07, 6.45) is 0. The number of imidazole rings is 1. The highest BCUT2D eigenvalue weighted by atomic mass is 79.9. The van der Waals surface area contributed by atoms with E-state index in [9.17, 15) is 5.26 Å². The first-order valence-corrected chi connectivity index (χ1v) is 7.65. The Morgan fingerprint density at radius 3 is 2.90 bits per heavy atom. The SMILES string of the molecule is CCn1nc(C)c2[nH]c(=S)n(-c3cc(Br)ccc3C#N)c21. The Balaban J connectivity index is 2.46. The van der Waals surface area contributed by atoms with Crippen LogP contribution in [0.3, 0.4) is 0 Å². The molecule has 1 N–H and O–H groups in total. The molecule has 1 aromatic carbocycles. The second-order valence-corrected chi connectivity index (χ2v) is 5.94. The number of nitriles is 1. The van der Waals surface area contributed by atoms with Crippen molar-refractivity contribution in [2.24, 2.45) is 0 Å². The third-order valence-electron chi connectivity index (χ3n) is 3.37. The molecule has 0 aliphatic rings. The van der Waals surface area contributed by atoms with Gasteiger partial charge in [-0.25, -0.2) is 4.68 Å². The van der Waals surface area contributed by atoms with Gasteiger partial charge in [0.25, 0.3) is 0 Å². The summed E-state index contributed by atoms with van der Waals surface area (Å²) in [4.78, 5) is 3.19. The lowest BCUT2D eigenvalue weighted by Gasteiger charge is -2.08. The highest BCUT2D eigenvalue weighted by molar-refractivity contribution is 9.10. The largest absolute Gasteiger partial charge is 0.327 e. The molecule has 3 aromatic rings. The molecule has 0 bridgehead atoms. The van der Waals surface area contributed by atoms with Crippen molar-refractivity contribution in [1.82, 2.24) is 19.3 Å². The molecule has 0 radical (unpaired) electrons. The van der Waals surface area contributed by atoms with Crippen LogP contribution in [0.1, 0.15) is 18.2 Å². The molecule has 3 rings (SSSR count). The molecule has 2 aromatic heterocycles. The average molecular weight is 362 g/mol. The van der Waals surface area contributed by atoms with E-state index in [0.717, 1.165) is 33.6 Å². The van der Waals surface area contributed by atoms with Gasteiger partial charge in [-0.2, -0.15) is 10.4 Å². The summed E-state index contributed by atoms with van der Waals surface area (Å²) in [6, 6.07) is 7.73. The van der Waals surface area contributed by atoms with Crippen LogP contribution >= 0.6 is 28.1 Å². The summed E-state index contributed by atoms with van der Waals surface area (Å²) in [7, 11) is 0. The number of aryl methyl sites for hydroxylation is 2. The first-order valence-electron chi connectivity index (χ1n) is 6.45. The van der Waals surface area contributed by atoms with Gasteiger partial charge >= 0.3 is 0 Å². The number of benzene rings is 1. The van der Waals surface area contributed by atoms with Gasteiger partial charge in [0, 0.05) is 11.0 Å². The molecular formula is C14H12BrN5S. The van der Waals surface area contributed by atoms with Crippen molar-refractivity contribution in [3.63, 3.8) is 0 Å². The zero-order valence-corrected chi connectivity index (χ0v) is 13.9. The van der Waals surface area contributed by atoms with Crippen LogP contribution in [0.4, 0.5) is 0 Å². The third kappa shape index (κ3) is 2.11. The number of aromatic nitrogens is 4. The standard InChI is InChI=1S/C14H12BrN5S/c1-3-19-13-12(8(2)18-19)17-14(21)20(13)11-6-10(15)5-4-9(11)7-16/h4-6H,3H2,1-2H3,(H,17,21). The number of aromatic amines is 1. The third-order valence-corrected chi connectivity index (χ3v) is 4.15. The van der Waals surface area contributed by atoms with E-state index < -0.39 is 0 Å². The van der Waals surface area contributed by atoms with Crippen LogP contribution in [0, 0.1) is 23.0 Å². The number of rotatable bonds is 2. The van der Waals surface area contributed by atoms with Crippen LogP contribution in [0.5, 0.6) is 0 Å². The van der Waals surface area contributed by atoms with Gasteiger partial charge in [0.05, 0.1) is 16.9 Å². The molecule has 0 aliphatic heterocycles. The average Bonchev–Trinajstić information content (AvgIpc) is 2.95. The molecule has 21 heavy (non-hydrogen) atoms. The lowest BCUT2D eigenvalue weighted by Crippen LogP contribution is -2.05. The minimum Gasteiger partial charge on any atom is -0.327 e.